The van der Waals surface area contributed by atoms with Gasteiger partial charge in [-0.3, -0.25) is 9.78 Å². The Morgan fingerprint density at radius 3 is 2.44 bits per heavy atom. The van der Waals surface area contributed by atoms with Gasteiger partial charge >= 0.3 is 0 Å². The predicted octanol–water partition coefficient (Wildman–Crippen LogP) is 5.11. The van der Waals surface area contributed by atoms with E-state index in [2.05, 4.69) is 15.6 Å². The van der Waals surface area contributed by atoms with Gasteiger partial charge in [0.05, 0.1) is 0 Å². The fourth-order valence-electron chi connectivity index (χ4n) is 2.56. The van der Waals surface area contributed by atoms with Crippen molar-refractivity contribution >= 4 is 40.3 Å². The highest BCUT2D eigenvalue weighted by molar-refractivity contribution is 6.31. The zero-order valence-corrected chi connectivity index (χ0v) is 16.2. The molecule has 138 valence electrons. The van der Waals surface area contributed by atoms with Crippen LogP contribution in [0.4, 0.5) is 22.7 Å². The van der Waals surface area contributed by atoms with Gasteiger partial charge in [-0.1, -0.05) is 17.7 Å². The molecule has 5 nitrogen and oxygen atoms in total. The number of aryl methyl sites for hydroxylation is 1. The molecule has 0 saturated carbocycles. The second kappa shape index (κ2) is 8.10. The quantitative estimate of drug-likeness (QED) is 0.646. The molecule has 2 aromatic carbocycles. The fourth-order valence-corrected chi connectivity index (χ4v) is 2.73. The van der Waals surface area contributed by atoms with Gasteiger partial charge in [0.1, 0.15) is 5.69 Å². The van der Waals surface area contributed by atoms with E-state index in [1.165, 1.54) is 0 Å². The van der Waals surface area contributed by atoms with Crippen molar-refractivity contribution < 1.29 is 4.79 Å². The third-order valence-electron chi connectivity index (χ3n) is 4.11. The van der Waals surface area contributed by atoms with E-state index in [1.807, 2.05) is 62.3 Å². The molecular formula is C21H21ClN4O. The maximum absolute atomic E-state index is 12.6. The van der Waals surface area contributed by atoms with Crippen molar-refractivity contribution in [3.05, 3.63) is 77.1 Å². The summed E-state index contributed by atoms with van der Waals surface area (Å²) in [6.07, 6.45) is 1.61. The molecule has 27 heavy (non-hydrogen) atoms. The average Bonchev–Trinajstić information content (AvgIpc) is 2.65. The van der Waals surface area contributed by atoms with E-state index in [0.29, 0.717) is 16.4 Å². The number of halogens is 1. The number of amides is 1. The van der Waals surface area contributed by atoms with Crippen LogP contribution in [0.5, 0.6) is 0 Å². The summed E-state index contributed by atoms with van der Waals surface area (Å²) in [4.78, 5) is 18.8. The van der Waals surface area contributed by atoms with E-state index < -0.39 is 0 Å². The van der Waals surface area contributed by atoms with Crippen LogP contribution in [0.2, 0.25) is 5.02 Å². The molecule has 3 rings (SSSR count). The van der Waals surface area contributed by atoms with Gasteiger partial charge in [-0.05, 0) is 61.0 Å². The number of hydrogen-bond donors (Lipinski definition) is 2. The molecule has 0 aliphatic rings. The highest BCUT2D eigenvalue weighted by Crippen LogP contribution is 2.22. The van der Waals surface area contributed by atoms with Crippen LogP contribution in [-0.4, -0.2) is 25.0 Å². The molecule has 0 fully saturated rings. The van der Waals surface area contributed by atoms with Crippen LogP contribution >= 0.6 is 11.6 Å². The van der Waals surface area contributed by atoms with E-state index in [4.69, 9.17) is 11.6 Å². The SMILES string of the molecule is Cc1ccc(Cl)cc1NC(=O)c1cc(Nc2ccc(N(C)C)cc2)ccn1. The van der Waals surface area contributed by atoms with Crippen LogP contribution in [0.1, 0.15) is 16.1 Å². The van der Waals surface area contributed by atoms with Gasteiger partial charge in [0, 0.05) is 48.1 Å². The van der Waals surface area contributed by atoms with E-state index in [-0.39, 0.29) is 5.91 Å². The van der Waals surface area contributed by atoms with Crippen molar-refractivity contribution in [2.24, 2.45) is 0 Å². The average molecular weight is 381 g/mol. The summed E-state index contributed by atoms with van der Waals surface area (Å²) in [5, 5.41) is 6.72. The van der Waals surface area contributed by atoms with Crippen molar-refractivity contribution in [2.75, 3.05) is 29.6 Å². The Morgan fingerprint density at radius 2 is 1.74 bits per heavy atom. The molecule has 0 aliphatic heterocycles. The number of hydrogen-bond acceptors (Lipinski definition) is 4. The first-order chi connectivity index (χ1) is 12.9. The molecule has 1 heterocycles. The lowest BCUT2D eigenvalue weighted by molar-refractivity contribution is 0.102. The summed E-state index contributed by atoms with van der Waals surface area (Å²) in [5.74, 6) is -0.285. The van der Waals surface area contributed by atoms with Gasteiger partial charge in [0.25, 0.3) is 5.91 Å². The minimum atomic E-state index is -0.285. The topological polar surface area (TPSA) is 57.3 Å². The molecule has 0 radical (unpaired) electrons. The lowest BCUT2D eigenvalue weighted by Crippen LogP contribution is -2.14. The Morgan fingerprint density at radius 1 is 1.00 bits per heavy atom. The second-order valence-corrected chi connectivity index (χ2v) is 6.85. The Hall–Kier alpha value is -3.05. The smallest absolute Gasteiger partial charge is 0.274 e. The highest BCUT2D eigenvalue weighted by Gasteiger charge is 2.10. The predicted molar refractivity (Wildman–Crippen MR) is 112 cm³/mol. The molecule has 0 saturated heterocycles. The second-order valence-electron chi connectivity index (χ2n) is 6.41. The van der Waals surface area contributed by atoms with Crippen molar-refractivity contribution in [1.29, 1.82) is 0 Å². The zero-order valence-electron chi connectivity index (χ0n) is 15.5. The van der Waals surface area contributed by atoms with Crippen molar-refractivity contribution in [1.82, 2.24) is 4.98 Å². The maximum atomic E-state index is 12.6. The van der Waals surface area contributed by atoms with E-state index in [1.54, 1.807) is 24.4 Å². The molecule has 1 aromatic heterocycles. The van der Waals surface area contributed by atoms with Gasteiger partial charge in [0.2, 0.25) is 0 Å². The number of carbonyl (C=O) groups is 1. The molecular weight excluding hydrogens is 360 g/mol. The molecule has 0 bridgehead atoms. The van der Waals surface area contributed by atoms with E-state index in [9.17, 15) is 4.79 Å². The molecule has 0 spiro atoms. The van der Waals surface area contributed by atoms with Gasteiger partial charge < -0.3 is 15.5 Å². The lowest BCUT2D eigenvalue weighted by Gasteiger charge is -2.14. The number of benzene rings is 2. The first-order valence-electron chi connectivity index (χ1n) is 8.50. The van der Waals surface area contributed by atoms with Gasteiger partial charge in [-0.25, -0.2) is 0 Å². The van der Waals surface area contributed by atoms with Crippen LogP contribution in [0.3, 0.4) is 0 Å². The normalized spacial score (nSPS) is 10.4. The van der Waals surface area contributed by atoms with E-state index >= 15 is 0 Å². The Labute approximate surface area is 164 Å². The standard InChI is InChI=1S/C21H21ClN4O/c1-14-4-5-15(22)12-19(14)25-21(27)20-13-17(10-11-23-20)24-16-6-8-18(9-7-16)26(2)3/h4-13H,1-3H3,(H,23,24)(H,25,27). The third kappa shape index (κ3) is 4.77. The van der Waals surface area contributed by atoms with Crippen LogP contribution in [-0.2, 0) is 0 Å². The van der Waals surface area contributed by atoms with Gasteiger partial charge in [-0.15, -0.1) is 0 Å². The van der Waals surface area contributed by atoms with Crippen LogP contribution < -0.4 is 15.5 Å². The highest BCUT2D eigenvalue weighted by atomic mass is 35.5. The van der Waals surface area contributed by atoms with Crippen LogP contribution in [0.25, 0.3) is 0 Å². The molecule has 0 unspecified atom stereocenters. The van der Waals surface area contributed by atoms with Crippen molar-refractivity contribution in [3.63, 3.8) is 0 Å². The zero-order chi connectivity index (χ0) is 19.4. The first-order valence-corrected chi connectivity index (χ1v) is 8.88. The first kappa shape index (κ1) is 18.7. The number of anilines is 4. The summed E-state index contributed by atoms with van der Waals surface area (Å²) in [7, 11) is 4.00. The summed E-state index contributed by atoms with van der Waals surface area (Å²) >= 11 is 6.01. The molecule has 6 heteroatoms. The van der Waals surface area contributed by atoms with E-state index in [0.717, 1.165) is 22.6 Å². The Kier molecular flexibility index (Phi) is 5.62. The van der Waals surface area contributed by atoms with Crippen molar-refractivity contribution in [2.45, 2.75) is 6.92 Å². The summed E-state index contributed by atoms with van der Waals surface area (Å²) in [6, 6.07) is 16.9. The minimum Gasteiger partial charge on any atom is -0.378 e. The molecule has 0 atom stereocenters. The number of aromatic nitrogens is 1. The Bertz CT molecular complexity index is 955. The van der Waals surface area contributed by atoms with Crippen molar-refractivity contribution in [3.8, 4) is 0 Å². The summed E-state index contributed by atoms with van der Waals surface area (Å²) in [6.45, 7) is 1.91. The van der Waals surface area contributed by atoms with Crippen LogP contribution in [0.15, 0.2) is 60.8 Å². The Balaban J connectivity index is 1.74. The molecule has 3 aromatic rings. The number of nitrogens with one attached hydrogen (secondary N) is 2. The van der Waals surface area contributed by atoms with Gasteiger partial charge in [-0.2, -0.15) is 0 Å². The molecule has 2 N–H and O–H groups in total. The number of rotatable bonds is 5. The number of carbonyl (C=O) groups excluding carboxylic acids is 1. The van der Waals surface area contributed by atoms with Gasteiger partial charge in [0.15, 0.2) is 0 Å². The molecule has 1 amide bonds. The summed E-state index contributed by atoms with van der Waals surface area (Å²) in [5.41, 5.74) is 4.77. The number of pyridine rings is 1. The number of nitrogens with zero attached hydrogens (tertiary/aromatic N) is 2. The fraction of sp³-hybridized carbons (Fsp3) is 0.143. The monoisotopic (exact) mass is 380 g/mol. The largest absolute Gasteiger partial charge is 0.378 e. The lowest BCUT2D eigenvalue weighted by atomic mass is 10.2. The summed E-state index contributed by atoms with van der Waals surface area (Å²) < 4.78 is 0. The maximum Gasteiger partial charge on any atom is 0.274 e. The minimum absolute atomic E-state index is 0.285. The third-order valence-corrected chi connectivity index (χ3v) is 4.35. The molecule has 0 aliphatic carbocycles. The van der Waals surface area contributed by atoms with Crippen LogP contribution in [0, 0.1) is 6.92 Å².